The Kier molecular flexibility index (Phi) is 10.7. The lowest BCUT2D eigenvalue weighted by atomic mass is 9.92. The van der Waals surface area contributed by atoms with Crippen LogP contribution in [0.15, 0.2) is 146 Å². The minimum absolute atomic E-state index is 0.461. The van der Waals surface area contributed by atoms with Crippen molar-refractivity contribution < 1.29 is 9.90 Å². The van der Waals surface area contributed by atoms with Crippen molar-refractivity contribution in [2.45, 2.75) is 40.5 Å². The zero-order valence-electron chi connectivity index (χ0n) is 28.1. The number of hydrogen-bond donors (Lipinski definition) is 1. The first-order valence-electron chi connectivity index (χ1n) is 16.5. The number of carboxylic acids is 1. The summed E-state index contributed by atoms with van der Waals surface area (Å²) in [6.45, 7) is 8.74. The minimum Gasteiger partial charge on any atom is -0.481 e. The van der Waals surface area contributed by atoms with Crippen molar-refractivity contribution in [2.75, 3.05) is 0 Å². The molecule has 0 unspecified atom stereocenters. The van der Waals surface area contributed by atoms with Crippen molar-refractivity contribution in [3.8, 4) is 0 Å². The van der Waals surface area contributed by atoms with Crippen molar-refractivity contribution in [2.24, 2.45) is 5.92 Å². The zero-order valence-corrected chi connectivity index (χ0v) is 29.9. The molecule has 0 bridgehead atoms. The summed E-state index contributed by atoms with van der Waals surface area (Å²) >= 11 is 0. The fourth-order valence-corrected chi connectivity index (χ4v) is 12.2. The van der Waals surface area contributed by atoms with Crippen molar-refractivity contribution in [1.29, 1.82) is 0 Å². The first kappa shape index (κ1) is 33.5. The molecule has 6 rings (SSSR count). The van der Waals surface area contributed by atoms with E-state index >= 15 is 0 Å². The number of carboxylic acid groups (broad SMARTS) is 1. The maximum atomic E-state index is 13.2. The molecule has 0 aliphatic carbocycles. The van der Waals surface area contributed by atoms with E-state index in [0.29, 0.717) is 12.8 Å². The number of hydrogen-bond acceptors (Lipinski definition) is 1. The van der Waals surface area contributed by atoms with E-state index in [-0.39, 0.29) is 0 Å². The number of rotatable bonds is 11. The van der Waals surface area contributed by atoms with Gasteiger partial charge in [-0.2, -0.15) is 0 Å². The third-order valence-corrected chi connectivity index (χ3v) is 14.9. The lowest BCUT2D eigenvalue weighted by molar-refractivity contribution is -0.141. The standard InChI is InChI=1S/C44H42O2P2/c1-31-17-5-11-23-38(31)47(39-24-12-6-18-32(39)2)42-27-15-9-21-35(42)29-37(44(45)46)30-36-22-10-16-28-43(36)48(40-25-13-7-19-33(40)3)41-26-14-8-20-34(41)4/h5-28,37H,29-30H2,1-4H3,(H,45,46). The van der Waals surface area contributed by atoms with E-state index in [1.54, 1.807) is 0 Å². The van der Waals surface area contributed by atoms with Crippen molar-refractivity contribution in [3.05, 3.63) is 179 Å². The van der Waals surface area contributed by atoms with Gasteiger partial charge < -0.3 is 5.11 Å². The fourth-order valence-electron chi connectivity index (χ4n) is 6.62. The van der Waals surface area contributed by atoms with Crippen LogP contribution >= 0.6 is 15.8 Å². The van der Waals surface area contributed by atoms with E-state index in [1.165, 1.54) is 54.1 Å². The molecule has 0 amide bonds. The van der Waals surface area contributed by atoms with Gasteiger partial charge in [-0.25, -0.2) is 0 Å². The molecule has 0 aliphatic heterocycles. The smallest absolute Gasteiger partial charge is 0.307 e. The first-order valence-corrected chi connectivity index (χ1v) is 19.2. The largest absolute Gasteiger partial charge is 0.481 e. The highest BCUT2D eigenvalue weighted by Gasteiger charge is 2.28. The molecule has 4 heteroatoms. The average molecular weight is 665 g/mol. The molecule has 48 heavy (non-hydrogen) atoms. The molecule has 0 aromatic heterocycles. The molecule has 0 aliphatic rings. The first-order chi connectivity index (χ1) is 23.3. The molecule has 1 N–H and O–H groups in total. The molecule has 0 saturated heterocycles. The Morgan fingerprint density at radius 2 is 0.688 bits per heavy atom. The Hall–Kier alpha value is -4.35. The lowest BCUT2D eigenvalue weighted by Crippen LogP contribution is -2.30. The summed E-state index contributed by atoms with van der Waals surface area (Å²) in [6.07, 6.45) is 0.923. The van der Waals surface area contributed by atoms with Crippen LogP contribution in [-0.2, 0) is 17.6 Å². The molecule has 6 aromatic carbocycles. The number of aryl methyl sites for hydroxylation is 4. The molecular formula is C44H42O2P2. The Balaban J connectivity index is 1.43. The predicted octanol–water partition coefficient (Wildman–Crippen LogP) is 7.92. The van der Waals surface area contributed by atoms with Crippen LogP contribution in [0.4, 0.5) is 0 Å². The lowest BCUT2D eigenvalue weighted by Gasteiger charge is -2.27. The molecule has 0 spiro atoms. The van der Waals surface area contributed by atoms with Gasteiger partial charge in [-0.05, 0) is 122 Å². The second-order valence-electron chi connectivity index (χ2n) is 12.5. The highest BCUT2D eigenvalue weighted by molar-refractivity contribution is 7.80. The predicted molar refractivity (Wildman–Crippen MR) is 208 cm³/mol. The summed E-state index contributed by atoms with van der Waals surface area (Å²) in [5.41, 5.74) is 7.25. The van der Waals surface area contributed by atoms with E-state index in [0.717, 1.165) is 11.1 Å². The van der Waals surface area contributed by atoms with E-state index in [9.17, 15) is 9.90 Å². The highest BCUT2D eigenvalue weighted by Crippen LogP contribution is 2.39. The van der Waals surface area contributed by atoms with Gasteiger partial charge in [0, 0.05) is 0 Å². The normalized spacial score (nSPS) is 11.4. The van der Waals surface area contributed by atoms with Gasteiger partial charge in [-0.1, -0.05) is 146 Å². The van der Waals surface area contributed by atoms with E-state index in [2.05, 4.69) is 173 Å². The van der Waals surface area contributed by atoms with E-state index in [4.69, 9.17) is 0 Å². The van der Waals surface area contributed by atoms with Crippen LogP contribution in [0.2, 0.25) is 0 Å². The van der Waals surface area contributed by atoms with Crippen LogP contribution in [0.3, 0.4) is 0 Å². The molecule has 0 fully saturated rings. The maximum Gasteiger partial charge on any atom is 0.307 e. The Morgan fingerprint density at radius 1 is 0.438 bits per heavy atom. The van der Waals surface area contributed by atoms with Crippen molar-refractivity contribution >= 4 is 53.6 Å². The topological polar surface area (TPSA) is 37.3 Å². The third-order valence-electron chi connectivity index (χ3n) is 9.17. The van der Waals surface area contributed by atoms with Crippen molar-refractivity contribution in [1.82, 2.24) is 0 Å². The van der Waals surface area contributed by atoms with Crippen LogP contribution < -0.4 is 31.8 Å². The van der Waals surface area contributed by atoms with Crippen molar-refractivity contribution in [3.63, 3.8) is 0 Å². The van der Waals surface area contributed by atoms with Gasteiger partial charge in [-0.3, -0.25) is 4.79 Å². The Bertz CT molecular complexity index is 1820. The van der Waals surface area contributed by atoms with Gasteiger partial charge in [0.15, 0.2) is 0 Å². The summed E-state index contributed by atoms with van der Waals surface area (Å²) < 4.78 is 0. The molecule has 0 saturated carbocycles. The van der Waals surface area contributed by atoms with Crippen LogP contribution in [0.1, 0.15) is 33.4 Å². The second kappa shape index (κ2) is 15.3. The quantitative estimate of drug-likeness (QED) is 0.143. The van der Waals surface area contributed by atoms with E-state index in [1.807, 2.05) is 0 Å². The van der Waals surface area contributed by atoms with E-state index < -0.39 is 27.7 Å². The molecule has 240 valence electrons. The number of aliphatic carboxylic acids is 1. The van der Waals surface area contributed by atoms with Gasteiger partial charge in [0.25, 0.3) is 0 Å². The Labute approximate surface area is 288 Å². The molecule has 2 nitrogen and oxygen atoms in total. The SMILES string of the molecule is Cc1ccccc1P(c1ccccc1C)c1ccccc1CC(Cc1ccccc1P(c1ccccc1C)c1ccccc1C)C(=O)O. The second-order valence-corrected chi connectivity index (χ2v) is 16.8. The summed E-state index contributed by atoms with van der Waals surface area (Å²) in [7, 11) is -1.78. The molecule has 0 atom stereocenters. The summed E-state index contributed by atoms with van der Waals surface area (Å²) in [5.74, 6) is -1.34. The molecule has 0 heterocycles. The van der Waals surface area contributed by atoms with Gasteiger partial charge in [0.1, 0.15) is 0 Å². The third kappa shape index (κ3) is 7.22. The fraction of sp³-hybridized carbons (Fsp3) is 0.159. The minimum atomic E-state index is -0.892. The van der Waals surface area contributed by atoms with Gasteiger partial charge in [0.05, 0.1) is 5.92 Å². The maximum absolute atomic E-state index is 13.2. The van der Waals surface area contributed by atoms with Crippen LogP contribution in [0, 0.1) is 33.6 Å². The van der Waals surface area contributed by atoms with Crippen LogP contribution in [-0.4, -0.2) is 11.1 Å². The van der Waals surface area contributed by atoms with Gasteiger partial charge in [0.2, 0.25) is 0 Å². The van der Waals surface area contributed by atoms with Crippen LogP contribution in [0.5, 0.6) is 0 Å². The van der Waals surface area contributed by atoms with Gasteiger partial charge >= 0.3 is 5.97 Å². The summed E-state index contributed by atoms with van der Waals surface area (Å²) in [4.78, 5) is 13.2. The summed E-state index contributed by atoms with van der Waals surface area (Å²) in [5, 5.41) is 18.5. The number of carbonyl (C=O) groups is 1. The zero-order chi connectivity index (χ0) is 33.6. The van der Waals surface area contributed by atoms with Crippen LogP contribution in [0.25, 0.3) is 0 Å². The number of benzene rings is 6. The summed E-state index contributed by atoms with van der Waals surface area (Å²) in [6, 6.07) is 51.7. The monoisotopic (exact) mass is 664 g/mol. The molecule has 0 radical (unpaired) electrons. The highest BCUT2D eigenvalue weighted by atomic mass is 31.1. The Morgan fingerprint density at radius 3 is 0.958 bits per heavy atom. The average Bonchev–Trinajstić information content (AvgIpc) is 3.09. The molecular weight excluding hydrogens is 622 g/mol. The molecule has 6 aromatic rings. The van der Waals surface area contributed by atoms with Gasteiger partial charge in [-0.15, -0.1) is 0 Å².